The average Bonchev–Trinajstić information content (AvgIpc) is 2.44. The molecular weight excluding hydrogens is 268 g/mol. The van der Waals surface area contributed by atoms with Gasteiger partial charge in [-0.2, -0.15) is 0 Å². The quantitative estimate of drug-likeness (QED) is 0.750. The molecule has 1 aromatic rings. The zero-order valence-electron chi connectivity index (χ0n) is 12.6. The topological polar surface area (TPSA) is 81.4 Å². The van der Waals surface area contributed by atoms with Crippen molar-refractivity contribution in [2.45, 2.75) is 32.4 Å². The number of carbonyl (C=O) groups excluding carboxylic acids is 2. The summed E-state index contributed by atoms with van der Waals surface area (Å²) < 4.78 is 5.22. The van der Waals surface area contributed by atoms with E-state index in [1.807, 2.05) is 38.1 Å². The Labute approximate surface area is 125 Å². The third-order valence-electron chi connectivity index (χ3n) is 3.00. The second kappa shape index (κ2) is 8.21. The van der Waals surface area contributed by atoms with Gasteiger partial charge >= 0.3 is 0 Å². The highest BCUT2D eigenvalue weighted by atomic mass is 16.5. The van der Waals surface area contributed by atoms with Gasteiger partial charge in [0, 0.05) is 7.11 Å². The van der Waals surface area contributed by atoms with Gasteiger partial charge in [0.05, 0.1) is 0 Å². The summed E-state index contributed by atoms with van der Waals surface area (Å²) in [6.45, 7) is 3.84. The molecule has 0 aliphatic carbocycles. The lowest BCUT2D eigenvalue weighted by atomic mass is 10.1. The molecule has 0 bridgehead atoms. The lowest BCUT2D eigenvalue weighted by molar-refractivity contribution is -0.134. The highest BCUT2D eigenvalue weighted by Gasteiger charge is 2.24. The van der Waals surface area contributed by atoms with Crippen molar-refractivity contribution in [1.29, 1.82) is 0 Å². The maximum absolute atomic E-state index is 12.3. The van der Waals surface area contributed by atoms with Crippen LogP contribution in [0.25, 0.3) is 0 Å². The Bertz CT molecular complexity index is 508. The van der Waals surface area contributed by atoms with E-state index in [0.29, 0.717) is 6.42 Å². The second-order valence-corrected chi connectivity index (χ2v) is 5.01. The Hall–Kier alpha value is -2.14. The number of methoxy groups -OCH3 is 1. The van der Waals surface area contributed by atoms with Gasteiger partial charge in [0.15, 0.2) is 6.10 Å². The SMILES string of the molecule is CO[C@H](C(=O)N[C@H](CC=C(C)C)C(N)=O)c1ccccc1. The van der Waals surface area contributed by atoms with E-state index in [9.17, 15) is 9.59 Å². The van der Waals surface area contributed by atoms with Crippen LogP contribution in [-0.4, -0.2) is 25.0 Å². The van der Waals surface area contributed by atoms with Crippen LogP contribution in [0.3, 0.4) is 0 Å². The zero-order chi connectivity index (χ0) is 15.8. The molecule has 0 aliphatic rings. The van der Waals surface area contributed by atoms with Crippen molar-refractivity contribution in [3.05, 3.63) is 47.5 Å². The maximum atomic E-state index is 12.3. The summed E-state index contributed by atoms with van der Waals surface area (Å²) in [5.74, 6) is -0.946. The summed E-state index contributed by atoms with van der Waals surface area (Å²) in [4.78, 5) is 23.7. The molecule has 0 radical (unpaired) electrons. The van der Waals surface area contributed by atoms with Crippen molar-refractivity contribution in [2.75, 3.05) is 7.11 Å². The van der Waals surface area contributed by atoms with Crippen LogP contribution in [-0.2, 0) is 14.3 Å². The van der Waals surface area contributed by atoms with Gasteiger partial charge in [-0.15, -0.1) is 0 Å². The van der Waals surface area contributed by atoms with Crippen molar-refractivity contribution < 1.29 is 14.3 Å². The number of hydrogen-bond donors (Lipinski definition) is 2. The molecule has 5 nitrogen and oxygen atoms in total. The highest BCUT2D eigenvalue weighted by Crippen LogP contribution is 2.16. The van der Waals surface area contributed by atoms with Crippen LogP contribution in [0.2, 0.25) is 0 Å². The van der Waals surface area contributed by atoms with Crippen LogP contribution < -0.4 is 11.1 Å². The molecule has 1 rings (SSSR count). The first kappa shape index (κ1) is 16.9. The van der Waals surface area contributed by atoms with Gasteiger partial charge in [0.1, 0.15) is 6.04 Å². The van der Waals surface area contributed by atoms with Crippen LogP contribution in [0.5, 0.6) is 0 Å². The van der Waals surface area contributed by atoms with Gasteiger partial charge in [-0.25, -0.2) is 0 Å². The molecule has 0 aliphatic heterocycles. The Kier molecular flexibility index (Phi) is 6.62. The fourth-order valence-corrected chi connectivity index (χ4v) is 1.87. The van der Waals surface area contributed by atoms with E-state index in [0.717, 1.165) is 11.1 Å². The molecule has 0 aromatic heterocycles. The molecule has 21 heavy (non-hydrogen) atoms. The number of amides is 2. The molecule has 0 saturated carbocycles. The molecule has 0 unspecified atom stereocenters. The van der Waals surface area contributed by atoms with E-state index in [2.05, 4.69) is 5.32 Å². The van der Waals surface area contributed by atoms with Crippen LogP contribution in [0.4, 0.5) is 0 Å². The second-order valence-electron chi connectivity index (χ2n) is 5.01. The van der Waals surface area contributed by atoms with Crippen molar-refractivity contribution in [2.24, 2.45) is 5.73 Å². The number of carbonyl (C=O) groups is 2. The number of hydrogen-bond acceptors (Lipinski definition) is 3. The molecule has 0 fully saturated rings. The van der Waals surface area contributed by atoms with Crippen LogP contribution in [0.1, 0.15) is 31.9 Å². The average molecular weight is 290 g/mol. The first-order valence-electron chi connectivity index (χ1n) is 6.76. The number of nitrogens with one attached hydrogen (secondary N) is 1. The summed E-state index contributed by atoms with van der Waals surface area (Å²) in [5, 5.41) is 2.64. The van der Waals surface area contributed by atoms with E-state index in [1.54, 1.807) is 12.1 Å². The largest absolute Gasteiger partial charge is 0.368 e. The minimum Gasteiger partial charge on any atom is -0.368 e. The van der Waals surface area contributed by atoms with Crippen molar-refractivity contribution >= 4 is 11.8 Å². The fraction of sp³-hybridized carbons (Fsp3) is 0.375. The van der Waals surface area contributed by atoms with Crippen molar-refractivity contribution in [1.82, 2.24) is 5.32 Å². The van der Waals surface area contributed by atoms with E-state index >= 15 is 0 Å². The number of rotatable bonds is 7. The molecule has 5 heteroatoms. The van der Waals surface area contributed by atoms with Crippen LogP contribution >= 0.6 is 0 Å². The molecule has 0 spiro atoms. The summed E-state index contributed by atoms with van der Waals surface area (Å²) >= 11 is 0. The fourth-order valence-electron chi connectivity index (χ4n) is 1.87. The maximum Gasteiger partial charge on any atom is 0.254 e. The summed E-state index contributed by atoms with van der Waals surface area (Å²) in [7, 11) is 1.45. The third kappa shape index (κ3) is 5.39. The number of primary amides is 1. The molecule has 114 valence electrons. The molecule has 0 saturated heterocycles. The van der Waals surface area contributed by atoms with Crippen LogP contribution in [0, 0.1) is 0 Å². The molecule has 3 N–H and O–H groups in total. The van der Waals surface area contributed by atoms with Gasteiger partial charge in [-0.05, 0) is 25.8 Å². The predicted octanol–water partition coefficient (Wildman–Crippen LogP) is 1.70. The van der Waals surface area contributed by atoms with E-state index in [1.165, 1.54) is 7.11 Å². The molecule has 0 heterocycles. The van der Waals surface area contributed by atoms with E-state index in [4.69, 9.17) is 10.5 Å². The number of ether oxygens (including phenoxy) is 1. The van der Waals surface area contributed by atoms with E-state index in [-0.39, 0.29) is 5.91 Å². The van der Waals surface area contributed by atoms with Gasteiger partial charge in [-0.1, -0.05) is 42.0 Å². The van der Waals surface area contributed by atoms with Gasteiger partial charge in [0.2, 0.25) is 5.91 Å². The number of nitrogens with two attached hydrogens (primary N) is 1. The third-order valence-corrected chi connectivity index (χ3v) is 3.00. The Morgan fingerprint density at radius 1 is 1.29 bits per heavy atom. The van der Waals surface area contributed by atoms with Gasteiger partial charge in [0.25, 0.3) is 5.91 Å². The standard InChI is InChI=1S/C16H22N2O3/c1-11(2)9-10-13(15(17)19)18-16(20)14(21-3)12-7-5-4-6-8-12/h4-9,13-14H,10H2,1-3H3,(H2,17,19)(H,18,20)/t13-,14+/m1/s1. The monoisotopic (exact) mass is 290 g/mol. The molecule has 2 amide bonds. The number of allylic oxidation sites excluding steroid dienone is 1. The molecule has 2 atom stereocenters. The predicted molar refractivity (Wildman–Crippen MR) is 81.4 cm³/mol. The first-order chi connectivity index (χ1) is 9.95. The first-order valence-corrected chi connectivity index (χ1v) is 6.76. The summed E-state index contributed by atoms with van der Waals surface area (Å²) in [6.07, 6.45) is 1.47. The normalized spacial score (nSPS) is 13.1. The Balaban J connectivity index is 2.80. The number of benzene rings is 1. The van der Waals surface area contributed by atoms with Crippen molar-refractivity contribution in [3.63, 3.8) is 0 Å². The molecule has 1 aromatic carbocycles. The summed E-state index contributed by atoms with van der Waals surface area (Å²) in [5.41, 5.74) is 7.11. The Morgan fingerprint density at radius 2 is 1.90 bits per heavy atom. The van der Waals surface area contributed by atoms with E-state index < -0.39 is 18.1 Å². The van der Waals surface area contributed by atoms with Gasteiger partial charge in [-0.3, -0.25) is 9.59 Å². The zero-order valence-corrected chi connectivity index (χ0v) is 12.6. The van der Waals surface area contributed by atoms with Crippen molar-refractivity contribution in [3.8, 4) is 0 Å². The molecular formula is C16H22N2O3. The summed E-state index contributed by atoms with van der Waals surface area (Å²) in [6, 6.07) is 8.35. The van der Waals surface area contributed by atoms with Crippen LogP contribution in [0.15, 0.2) is 42.0 Å². The smallest absolute Gasteiger partial charge is 0.254 e. The lowest BCUT2D eigenvalue weighted by Crippen LogP contribution is -2.46. The minimum absolute atomic E-state index is 0.370. The Morgan fingerprint density at radius 3 is 2.38 bits per heavy atom. The minimum atomic E-state index is -0.764. The van der Waals surface area contributed by atoms with Gasteiger partial charge < -0.3 is 15.8 Å². The lowest BCUT2D eigenvalue weighted by Gasteiger charge is -2.19. The highest BCUT2D eigenvalue weighted by molar-refractivity contribution is 5.89.